The second-order valence-corrected chi connectivity index (χ2v) is 13.8. The number of carboxylic acid groups (broad SMARTS) is 1. The Morgan fingerprint density at radius 1 is 0.923 bits per heavy atom. The maximum absolute atomic E-state index is 13.7. The van der Waals surface area contributed by atoms with Crippen LogP contribution < -0.4 is 16.0 Å². The highest BCUT2D eigenvalue weighted by molar-refractivity contribution is 6.00. The van der Waals surface area contributed by atoms with Crippen molar-refractivity contribution in [2.45, 2.75) is 90.5 Å². The number of hydrogen-bond donors (Lipinski definition) is 4. The predicted molar refractivity (Wildman–Crippen MR) is 196 cm³/mol. The Hall–Kier alpha value is -5.01. The van der Waals surface area contributed by atoms with Gasteiger partial charge in [0.05, 0.1) is 18.7 Å². The number of carbonyl (C=O) groups is 4. The van der Waals surface area contributed by atoms with E-state index < -0.39 is 36.1 Å². The van der Waals surface area contributed by atoms with Gasteiger partial charge in [0.2, 0.25) is 5.91 Å². The molecule has 0 saturated carbocycles. The van der Waals surface area contributed by atoms with Gasteiger partial charge in [-0.25, -0.2) is 14.6 Å². The molecule has 2 amide bonds. The molecule has 3 atom stereocenters. The van der Waals surface area contributed by atoms with E-state index in [1.165, 1.54) is 5.06 Å². The molecule has 0 bridgehead atoms. The Morgan fingerprint density at radius 3 is 2.19 bits per heavy atom. The van der Waals surface area contributed by atoms with Crippen LogP contribution in [0.3, 0.4) is 0 Å². The van der Waals surface area contributed by atoms with E-state index in [9.17, 15) is 24.3 Å². The highest BCUT2D eigenvalue weighted by Crippen LogP contribution is 2.32. The van der Waals surface area contributed by atoms with Crippen molar-refractivity contribution in [3.05, 3.63) is 94.7 Å². The van der Waals surface area contributed by atoms with E-state index in [0.717, 1.165) is 22.3 Å². The van der Waals surface area contributed by atoms with Crippen LogP contribution in [0.15, 0.2) is 66.9 Å². The number of carboxylic acids is 1. The molecule has 13 heteroatoms. The first kappa shape index (κ1) is 39.8. The summed E-state index contributed by atoms with van der Waals surface area (Å²) in [5, 5.41) is 19.9. The second kappa shape index (κ2) is 19.0. The molecule has 1 aliphatic rings. The molecule has 0 spiro atoms. The fourth-order valence-corrected chi connectivity index (χ4v) is 5.90. The normalized spacial score (nSPS) is 16.5. The lowest BCUT2D eigenvalue weighted by Gasteiger charge is -2.24. The molecule has 2 heterocycles. The minimum absolute atomic E-state index is 0.0271. The van der Waals surface area contributed by atoms with Crippen LogP contribution in [0, 0.1) is 0 Å². The molecule has 0 radical (unpaired) electrons. The zero-order valence-electron chi connectivity index (χ0n) is 30.8. The number of hydrogen-bond acceptors (Lipinski definition) is 10. The van der Waals surface area contributed by atoms with Gasteiger partial charge < -0.3 is 35.4 Å². The molecule has 1 fully saturated rings. The van der Waals surface area contributed by atoms with Gasteiger partial charge in [-0.2, -0.15) is 0 Å². The van der Waals surface area contributed by atoms with E-state index in [-0.39, 0.29) is 50.1 Å². The van der Waals surface area contributed by atoms with Gasteiger partial charge in [-0.3, -0.25) is 9.59 Å². The summed E-state index contributed by atoms with van der Waals surface area (Å²) in [6.45, 7) is 12.1. The zero-order chi connectivity index (χ0) is 37.8. The van der Waals surface area contributed by atoms with E-state index in [0.29, 0.717) is 24.3 Å². The average Bonchev–Trinajstić information content (AvgIpc) is 3.51. The van der Waals surface area contributed by atoms with Crippen molar-refractivity contribution in [1.82, 2.24) is 20.7 Å². The number of aromatic nitrogens is 1. The Balaban J connectivity index is 1.34. The monoisotopic (exact) mass is 717 g/mol. The Labute approximate surface area is 305 Å². The van der Waals surface area contributed by atoms with Crippen LogP contribution in [0.1, 0.15) is 98.3 Å². The maximum Gasteiger partial charge on any atom is 0.528 e. The summed E-state index contributed by atoms with van der Waals surface area (Å²) >= 11 is 0. The number of rotatable bonds is 17. The van der Waals surface area contributed by atoms with Gasteiger partial charge in [-0.15, -0.1) is 5.06 Å². The van der Waals surface area contributed by atoms with Crippen molar-refractivity contribution < 1.29 is 38.6 Å². The van der Waals surface area contributed by atoms with E-state index in [1.54, 1.807) is 12.3 Å². The number of nitrogens with zero attached hydrogens (tertiary/aromatic N) is 2. The largest absolute Gasteiger partial charge is 0.528 e. The lowest BCUT2D eigenvalue weighted by atomic mass is 9.84. The summed E-state index contributed by atoms with van der Waals surface area (Å²) in [6.07, 6.45) is 0.714. The number of pyridine rings is 1. The maximum atomic E-state index is 13.7. The molecule has 1 aromatic heterocycles. The van der Waals surface area contributed by atoms with Crippen molar-refractivity contribution >= 4 is 29.8 Å². The molecule has 0 aliphatic carbocycles. The standard InChI is InChI=1S/C39H51N5O8/c1-24(2)28-16-31(25(3)4)36(32(17-28)26(5)6)37(46)43-33(38(47)48)20-42-35(45)23-50-30-18-29(19-41-34-14-10-11-15-40-34)44(21-30)52-39(49)51-22-27-12-8-7-9-13-27/h7-17,24-26,29-30,33H,18-23H2,1-6H3,(H,40,41)(H,42,45)(H,43,46)(H,47,48). The van der Waals surface area contributed by atoms with Gasteiger partial charge in [0.1, 0.15) is 25.1 Å². The Bertz CT molecular complexity index is 1620. The number of nitrogens with one attached hydrogen (secondary N) is 3. The van der Waals surface area contributed by atoms with Gasteiger partial charge in [-0.05, 0) is 58.6 Å². The highest BCUT2D eigenvalue weighted by Gasteiger charge is 2.36. The molecule has 3 aromatic rings. The minimum atomic E-state index is -1.37. The Morgan fingerprint density at radius 2 is 1.60 bits per heavy atom. The zero-order valence-corrected chi connectivity index (χ0v) is 30.8. The number of amides is 2. The van der Waals surface area contributed by atoms with Crippen LogP contribution in [0.2, 0.25) is 0 Å². The van der Waals surface area contributed by atoms with Crippen LogP contribution in [0.5, 0.6) is 0 Å². The van der Waals surface area contributed by atoms with Crippen LogP contribution in [0.25, 0.3) is 0 Å². The smallest absolute Gasteiger partial charge is 0.480 e. The summed E-state index contributed by atoms with van der Waals surface area (Å²) in [4.78, 5) is 61.1. The van der Waals surface area contributed by atoms with Crippen LogP contribution >= 0.6 is 0 Å². The summed E-state index contributed by atoms with van der Waals surface area (Å²) in [6, 6.07) is 17.0. The van der Waals surface area contributed by atoms with Crippen molar-refractivity contribution in [3.8, 4) is 0 Å². The molecule has 4 N–H and O–H groups in total. The first-order chi connectivity index (χ1) is 24.8. The number of benzene rings is 2. The molecule has 3 unspecified atom stereocenters. The molecule has 1 aliphatic heterocycles. The van der Waals surface area contributed by atoms with Gasteiger partial charge in [0, 0.05) is 24.8 Å². The van der Waals surface area contributed by atoms with Crippen molar-refractivity contribution in [2.75, 3.05) is 31.6 Å². The van der Waals surface area contributed by atoms with Crippen molar-refractivity contribution in [3.63, 3.8) is 0 Å². The van der Waals surface area contributed by atoms with Crippen molar-refractivity contribution in [2.24, 2.45) is 0 Å². The number of aliphatic carboxylic acids is 1. The van der Waals surface area contributed by atoms with Crippen molar-refractivity contribution in [1.29, 1.82) is 0 Å². The molecule has 52 heavy (non-hydrogen) atoms. The first-order valence-corrected chi connectivity index (χ1v) is 17.7. The second-order valence-electron chi connectivity index (χ2n) is 13.8. The molecule has 13 nitrogen and oxygen atoms in total. The molecule has 1 saturated heterocycles. The molecule has 2 aromatic carbocycles. The van der Waals surface area contributed by atoms with Crippen LogP contribution in [0.4, 0.5) is 10.6 Å². The summed E-state index contributed by atoms with van der Waals surface area (Å²) in [5.74, 6) is -1.38. The lowest BCUT2D eigenvalue weighted by Crippen LogP contribution is -2.49. The summed E-state index contributed by atoms with van der Waals surface area (Å²) in [5.41, 5.74) is 4.09. The van der Waals surface area contributed by atoms with Crippen LogP contribution in [-0.4, -0.2) is 83.5 Å². The third kappa shape index (κ3) is 11.5. The minimum Gasteiger partial charge on any atom is -0.480 e. The van der Waals surface area contributed by atoms with Gasteiger partial charge >= 0.3 is 12.1 Å². The summed E-state index contributed by atoms with van der Waals surface area (Å²) in [7, 11) is 0. The number of hydroxylamine groups is 2. The summed E-state index contributed by atoms with van der Waals surface area (Å²) < 4.78 is 11.2. The third-order valence-electron chi connectivity index (χ3n) is 8.82. The van der Waals surface area contributed by atoms with E-state index in [2.05, 4.69) is 34.8 Å². The SMILES string of the molecule is CC(C)c1cc(C(C)C)c(C(=O)NC(CNC(=O)COC2CC(CNc3ccccn3)N(OC(=O)OCc3ccccc3)C2)C(=O)O)c(C(C)C)c1. The van der Waals surface area contributed by atoms with Crippen LogP contribution in [-0.2, 0) is 30.5 Å². The number of ether oxygens (including phenoxy) is 2. The fraction of sp³-hybridized carbons (Fsp3) is 0.462. The Kier molecular flexibility index (Phi) is 14.5. The molecule has 280 valence electrons. The molecular weight excluding hydrogens is 666 g/mol. The number of carbonyl (C=O) groups excluding carboxylic acids is 3. The first-order valence-electron chi connectivity index (χ1n) is 17.7. The molecular formula is C39H51N5O8. The topological polar surface area (TPSA) is 168 Å². The van der Waals surface area contributed by atoms with E-state index >= 15 is 0 Å². The number of anilines is 1. The predicted octanol–water partition coefficient (Wildman–Crippen LogP) is 5.59. The quantitative estimate of drug-likeness (QED) is 0.129. The fourth-order valence-electron chi connectivity index (χ4n) is 5.90. The lowest BCUT2D eigenvalue weighted by molar-refractivity contribution is -0.143. The average molecular weight is 718 g/mol. The van der Waals surface area contributed by atoms with Gasteiger partial charge in [0.25, 0.3) is 5.91 Å². The van der Waals surface area contributed by atoms with E-state index in [4.69, 9.17) is 14.3 Å². The van der Waals surface area contributed by atoms with E-state index in [1.807, 2.05) is 82.3 Å². The third-order valence-corrected chi connectivity index (χ3v) is 8.82. The highest BCUT2D eigenvalue weighted by atomic mass is 16.8. The van der Waals surface area contributed by atoms with Gasteiger partial charge in [0.15, 0.2) is 0 Å². The molecule has 4 rings (SSSR count). The van der Waals surface area contributed by atoms with Gasteiger partial charge in [-0.1, -0.05) is 90.1 Å².